The molecule has 4 aromatic rings. The lowest BCUT2D eigenvalue weighted by molar-refractivity contribution is -0.168. The van der Waals surface area contributed by atoms with Crippen LogP contribution in [0.2, 0.25) is 0 Å². The van der Waals surface area contributed by atoms with Gasteiger partial charge in [0.05, 0.1) is 30.1 Å². The van der Waals surface area contributed by atoms with Crippen LogP contribution in [0.4, 0.5) is 0 Å². The second kappa shape index (κ2) is 17.0. The van der Waals surface area contributed by atoms with E-state index in [1.54, 1.807) is 17.0 Å². The molecular weight excluding hydrogens is 787 g/mol. The van der Waals surface area contributed by atoms with E-state index < -0.39 is 35.9 Å². The number of hydrogen-bond acceptors (Lipinski definition) is 10. The predicted octanol–water partition coefficient (Wildman–Crippen LogP) is 4.76. The lowest BCUT2D eigenvalue weighted by Crippen LogP contribution is -2.62. The van der Waals surface area contributed by atoms with Crippen LogP contribution in [0.3, 0.4) is 0 Å². The topological polar surface area (TPSA) is 151 Å². The van der Waals surface area contributed by atoms with E-state index in [4.69, 9.17) is 19.2 Å². The van der Waals surface area contributed by atoms with E-state index in [1.165, 1.54) is 11.6 Å². The molecule has 0 radical (unpaired) electrons. The molecule has 6 heterocycles. The Morgan fingerprint density at radius 3 is 2.69 bits per heavy atom. The number of fused-ring (bicyclic) bond motifs is 8. The highest BCUT2D eigenvalue weighted by Gasteiger charge is 2.48. The molecule has 2 aromatic heterocycles. The van der Waals surface area contributed by atoms with Gasteiger partial charge in [0.2, 0.25) is 11.8 Å². The zero-order valence-electron chi connectivity index (χ0n) is 36.4. The van der Waals surface area contributed by atoms with E-state index in [9.17, 15) is 19.5 Å². The molecule has 3 saturated heterocycles. The van der Waals surface area contributed by atoms with Crippen molar-refractivity contribution in [2.75, 3.05) is 46.6 Å². The molecule has 62 heavy (non-hydrogen) atoms. The Bertz CT molecular complexity index is 2370. The van der Waals surface area contributed by atoms with Crippen LogP contribution in [0.25, 0.3) is 33.3 Å². The molecule has 14 nitrogen and oxygen atoms in total. The Morgan fingerprint density at radius 1 is 1.11 bits per heavy atom. The van der Waals surface area contributed by atoms with Crippen molar-refractivity contribution in [1.82, 2.24) is 35.1 Å². The molecule has 3 amide bonds. The van der Waals surface area contributed by atoms with Crippen molar-refractivity contribution in [3.63, 3.8) is 0 Å². The SMILES string of the molecule is C=CC(=O)N1CC(CN2CO[C@H](C)[C@H]2C(=O)NC2Cc3cccc(c3)-c3ccc4c(c3)c3c(n4CC)-c4cccnc4[C@@H](OC)C3C(C)(C)COC(O)[C@@H]3CCCN(N3)C2=O)C1. The van der Waals surface area contributed by atoms with Crippen LogP contribution in [-0.4, -0.2) is 124 Å². The summed E-state index contributed by atoms with van der Waals surface area (Å²) in [6.07, 6.45) is 2.61. The van der Waals surface area contributed by atoms with Crippen molar-refractivity contribution in [2.24, 2.45) is 11.3 Å². The summed E-state index contributed by atoms with van der Waals surface area (Å²) in [6, 6.07) is 16.8. The summed E-state index contributed by atoms with van der Waals surface area (Å²) < 4.78 is 21.2. The van der Waals surface area contributed by atoms with E-state index in [-0.39, 0.29) is 55.4 Å². The summed E-state index contributed by atoms with van der Waals surface area (Å²) in [5.74, 6) is -0.681. The van der Waals surface area contributed by atoms with Gasteiger partial charge in [-0.05, 0) is 84.7 Å². The fourth-order valence-electron chi connectivity index (χ4n) is 10.7. The Balaban J connectivity index is 1.10. The fraction of sp³-hybridized carbons (Fsp3) is 0.500. The van der Waals surface area contributed by atoms with Crippen LogP contribution in [-0.2, 0) is 41.6 Å². The molecule has 6 bridgehead atoms. The van der Waals surface area contributed by atoms with Crippen LogP contribution in [0.15, 0.2) is 73.4 Å². The molecule has 5 aliphatic rings. The fourth-order valence-corrected chi connectivity index (χ4v) is 10.7. The number of benzene rings is 2. The van der Waals surface area contributed by atoms with Gasteiger partial charge in [-0.2, -0.15) is 0 Å². The average molecular weight is 846 g/mol. The molecule has 7 atom stereocenters. The molecule has 3 N–H and O–H groups in total. The molecule has 14 heteroatoms. The quantitative estimate of drug-likeness (QED) is 0.222. The largest absolute Gasteiger partial charge is 0.374 e. The van der Waals surface area contributed by atoms with E-state index >= 15 is 0 Å². The highest BCUT2D eigenvalue weighted by Crippen LogP contribution is 2.57. The minimum atomic E-state index is -1.22. The number of aliphatic hydroxyl groups excluding tert-OH is 1. The normalized spacial score (nSPS) is 27.6. The maximum absolute atomic E-state index is 14.7. The first-order valence-electron chi connectivity index (χ1n) is 22.1. The lowest BCUT2D eigenvalue weighted by atomic mass is 9.67. The van der Waals surface area contributed by atoms with Gasteiger partial charge in [0.15, 0.2) is 6.29 Å². The van der Waals surface area contributed by atoms with Crippen LogP contribution < -0.4 is 10.7 Å². The third-order valence-corrected chi connectivity index (χ3v) is 13.8. The Kier molecular flexibility index (Phi) is 11.6. The highest BCUT2D eigenvalue weighted by atomic mass is 16.6. The van der Waals surface area contributed by atoms with E-state index in [1.807, 2.05) is 36.2 Å². The van der Waals surface area contributed by atoms with Gasteiger partial charge in [-0.3, -0.25) is 29.3 Å². The van der Waals surface area contributed by atoms with Gasteiger partial charge in [0.25, 0.3) is 5.91 Å². The first-order chi connectivity index (χ1) is 29.9. The molecule has 0 saturated carbocycles. The number of carbonyl (C=O) groups excluding carboxylic acids is 3. The molecule has 4 aliphatic heterocycles. The smallest absolute Gasteiger partial charge is 0.259 e. The summed E-state index contributed by atoms with van der Waals surface area (Å²) >= 11 is 0. The third kappa shape index (κ3) is 7.54. The van der Waals surface area contributed by atoms with Gasteiger partial charge >= 0.3 is 0 Å². The highest BCUT2D eigenvalue weighted by molar-refractivity contribution is 5.97. The Hall–Kier alpha value is -4.96. The number of likely N-dealkylation sites (tertiary alicyclic amines) is 1. The summed E-state index contributed by atoms with van der Waals surface area (Å²) in [6.45, 7) is 15.4. The molecule has 328 valence electrons. The maximum Gasteiger partial charge on any atom is 0.259 e. The standard InChI is InChI=1S/C48H59N7O7/c1-7-38(56)52-23-30(24-52)25-53-27-62-28(3)42(53)45(57)50-36-21-29-12-9-13-31(20-29)32-16-17-37-34(22-32)39-40(44(60-6)41-33(14-10-18-49-41)43(39)54(37)8-2)48(4,5)26-61-47(59)35-15-11-19-55(51-35)46(36)58/h7,9-10,12-14,16-18,20,22,28,30,35-36,40,42,44,47,51,59H,1,8,11,15,19,21,23-27H2,2-6H3,(H,50,57)/t28-,35+,36?,40?,42+,44+,47?/m1/s1. The lowest BCUT2D eigenvalue weighted by Gasteiger charge is -2.43. The Morgan fingerprint density at radius 2 is 1.92 bits per heavy atom. The zero-order chi connectivity index (χ0) is 43.4. The van der Waals surface area contributed by atoms with Crippen LogP contribution >= 0.6 is 0 Å². The number of aliphatic hydroxyl groups is 1. The van der Waals surface area contributed by atoms with Gasteiger partial charge in [-0.1, -0.05) is 50.8 Å². The van der Waals surface area contributed by atoms with Gasteiger partial charge in [-0.15, -0.1) is 0 Å². The second-order valence-corrected chi connectivity index (χ2v) is 18.4. The number of nitrogens with zero attached hydrogens (tertiary/aromatic N) is 5. The van der Waals surface area contributed by atoms with Crippen LogP contribution in [0.1, 0.15) is 69.4 Å². The van der Waals surface area contributed by atoms with Crippen LogP contribution in [0, 0.1) is 11.3 Å². The van der Waals surface area contributed by atoms with Crippen molar-refractivity contribution in [1.29, 1.82) is 0 Å². The number of rotatable bonds is 7. The van der Waals surface area contributed by atoms with Crippen molar-refractivity contribution in [3.8, 4) is 22.4 Å². The minimum Gasteiger partial charge on any atom is -0.374 e. The number of nitrogens with one attached hydrogen (secondary N) is 2. The van der Waals surface area contributed by atoms with Gasteiger partial charge in [0.1, 0.15) is 24.9 Å². The van der Waals surface area contributed by atoms with E-state index in [2.05, 4.69) is 79.1 Å². The maximum atomic E-state index is 14.7. The van der Waals surface area contributed by atoms with Gasteiger partial charge in [0, 0.05) is 80.8 Å². The molecule has 9 rings (SSSR count). The van der Waals surface area contributed by atoms with Crippen molar-refractivity contribution in [2.45, 2.75) is 96.0 Å². The third-order valence-electron chi connectivity index (χ3n) is 13.8. The summed E-state index contributed by atoms with van der Waals surface area (Å²) in [5, 5.41) is 17.5. The number of hydrogen-bond donors (Lipinski definition) is 3. The Labute approximate surface area is 363 Å². The molecule has 1 aliphatic carbocycles. The second-order valence-electron chi connectivity index (χ2n) is 18.4. The number of carbonyl (C=O) groups is 3. The summed E-state index contributed by atoms with van der Waals surface area (Å²) in [5.41, 5.74) is 11.0. The first-order valence-corrected chi connectivity index (χ1v) is 22.1. The monoisotopic (exact) mass is 845 g/mol. The molecule has 0 spiro atoms. The number of hydrazine groups is 1. The first kappa shape index (κ1) is 42.3. The number of aromatic nitrogens is 2. The van der Waals surface area contributed by atoms with Crippen molar-refractivity contribution >= 4 is 28.6 Å². The van der Waals surface area contributed by atoms with Gasteiger partial charge < -0.3 is 34.1 Å². The number of methoxy groups -OCH3 is 1. The van der Waals surface area contributed by atoms with Crippen molar-refractivity contribution < 1.29 is 33.7 Å². The van der Waals surface area contributed by atoms with Crippen LogP contribution in [0.5, 0.6) is 0 Å². The van der Waals surface area contributed by atoms with Crippen molar-refractivity contribution in [3.05, 3.63) is 90.3 Å². The summed E-state index contributed by atoms with van der Waals surface area (Å²) in [4.78, 5) is 49.8. The number of amides is 3. The molecule has 2 aromatic carbocycles. The summed E-state index contributed by atoms with van der Waals surface area (Å²) in [7, 11) is 1.74. The van der Waals surface area contributed by atoms with E-state index in [0.717, 1.165) is 51.1 Å². The average Bonchev–Trinajstić information content (AvgIpc) is 3.81. The minimum absolute atomic E-state index is 0.0976. The van der Waals surface area contributed by atoms with E-state index in [0.29, 0.717) is 39.0 Å². The molecule has 3 unspecified atom stereocenters. The predicted molar refractivity (Wildman–Crippen MR) is 234 cm³/mol. The number of pyridine rings is 1. The number of aryl methyl sites for hydroxylation is 1. The number of ether oxygens (including phenoxy) is 3. The van der Waals surface area contributed by atoms with Gasteiger partial charge in [-0.25, -0.2) is 5.43 Å². The zero-order valence-corrected chi connectivity index (χ0v) is 36.4. The molecule has 3 fully saturated rings. The molecular formula is C48H59N7O7.